The van der Waals surface area contributed by atoms with E-state index in [1.54, 1.807) is 24.3 Å². The fourth-order valence-corrected chi connectivity index (χ4v) is 3.64. The number of β-amino-alcohol motifs (C(OH)–C–C–N with tert-alkyl or cyclic N) is 1. The van der Waals surface area contributed by atoms with E-state index in [2.05, 4.69) is 17.1 Å². The molecule has 1 aliphatic heterocycles. The van der Waals surface area contributed by atoms with E-state index < -0.39 is 15.9 Å². The van der Waals surface area contributed by atoms with Crippen LogP contribution in [-0.2, 0) is 9.84 Å². The van der Waals surface area contributed by atoms with E-state index in [0.717, 1.165) is 19.0 Å². The molecule has 0 saturated carbocycles. The number of hydrogen-bond donors (Lipinski definition) is 2. The highest BCUT2D eigenvalue weighted by Crippen LogP contribution is 2.20. The first-order valence-electron chi connectivity index (χ1n) is 7.79. The second kappa shape index (κ2) is 7.44. The fraction of sp³-hybridized carbons (Fsp3) is 0.625. The van der Waals surface area contributed by atoms with Crippen LogP contribution in [0.2, 0.25) is 0 Å². The van der Waals surface area contributed by atoms with Crippen molar-refractivity contribution in [3.05, 3.63) is 24.3 Å². The Morgan fingerprint density at radius 2 is 1.95 bits per heavy atom. The van der Waals surface area contributed by atoms with Gasteiger partial charge >= 0.3 is 0 Å². The zero-order valence-electron chi connectivity index (χ0n) is 13.3. The molecule has 1 saturated heterocycles. The van der Waals surface area contributed by atoms with Crippen LogP contribution >= 0.6 is 0 Å². The van der Waals surface area contributed by atoms with Crippen LogP contribution in [0.3, 0.4) is 0 Å². The Labute approximate surface area is 133 Å². The largest absolute Gasteiger partial charge is 0.390 e. The maximum Gasteiger partial charge on any atom is 0.177 e. The van der Waals surface area contributed by atoms with Gasteiger partial charge in [-0.1, -0.05) is 19.1 Å². The number of benzene rings is 1. The molecule has 1 heterocycles. The Morgan fingerprint density at radius 3 is 2.59 bits per heavy atom. The van der Waals surface area contributed by atoms with Gasteiger partial charge in [0.1, 0.15) is 0 Å². The molecule has 1 aromatic carbocycles. The van der Waals surface area contributed by atoms with Crippen LogP contribution in [0.1, 0.15) is 19.8 Å². The first-order chi connectivity index (χ1) is 10.4. The molecule has 1 atom stereocenters. The Morgan fingerprint density at radius 1 is 1.32 bits per heavy atom. The van der Waals surface area contributed by atoms with Crippen LogP contribution in [-0.4, -0.2) is 57.0 Å². The van der Waals surface area contributed by atoms with E-state index in [-0.39, 0.29) is 4.90 Å². The minimum absolute atomic E-state index is 0.272. The van der Waals surface area contributed by atoms with E-state index in [0.29, 0.717) is 18.8 Å². The molecule has 1 fully saturated rings. The molecular weight excluding hydrogens is 300 g/mol. The normalized spacial score (nSPS) is 19.0. The summed E-state index contributed by atoms with van der Waals surface area (Å²) in [6.45, 7) is 5.28. The Balaban J connectivity index is 1.88. The number of aliphatic hydroxyl groups is 1. The maximum atomic E-state index is 11.7. The first kappa shape index (κ1) is 17.2. The average molecular weight is 326 g/mol. The number of para-hydroxylation sites is 1. The van der Waals surface area contributed by atoms with Crippen molar-refractivity contribution >= 4 is 15.5 Å². The van der Waals surface area contributed by atoms with Crippen molar-refractivity contribution in [2.75, 3.05) is 37.8 Å². The van der Waals surface area contributed by atoms with Crippen LogP contribution in [0.5, 0.6) is 0 Å². The predicted molar refractivity (Wildman–Crippen MR) is 88.9 cm³/mol. The number of sulfone groups is 1. The molecule has 0 unspecified atom stereocenters. The summed E-state index contributed by atoms with van der Waals surface area (Å²) in [5.41, 5.74) is 0.552. The lowest BCUT2D eigenvalue weighted by atomic mass is 9.99. The lowest BCUT2D eigenvalue weighted by Gasteiger charge is -2.31. The minimum atomic E-state index is -3.27. The Kier molecular flexibility index (Phi) is 5.83. The first-order valence-corrected chi connectivity index (χ1v) is 9.69. The van der Waals surface area contributed by atoms with Gasteiger partial charge in [0, 0.05) is 19.3 Å². The summed E-state index contributed by atoms with van der Waals surface area (Å²) in [6.07, 6.45) is 3.04. The molecule has 124 valence electrons. The van der Waals surface area contributed by atoms with E-state index in [1.807, 2.05) is 0 Å². The molecule has 0 amide bonds. The molecule has 0 spiro atoms. The van der Waals surface area contributed by atoms with Crippen molar-refractivity contribution in [2.45, 2.75) is 30.8 Å². The molecule has 2 N–H and O–H groups in total. The van der Waals surface area contributed by atoms with Crippen LogP contribution < -0.4 is 5.32 Å². The van der Waals surface area contributed by atoms with Gasteiger partial charge in [0.05, 0.1) is 16.7 Å². The number of nitrogens with one attached hydrogen (secondary N) is 1. The van der Waals surface area contributed by atoms with Gasteiger partial charge in [0.25, 0.3) is 0 Å². The second-order valence-electron chi connectivity index (χ2n) is 6.29. The van der Waals surface area contributed by atoms with Gasteiger partial charge in [-0.05, 0) is 44.0 Å². The molecule has 22 heavy (non-hydrogen) atoms. The highest BCUT2D eigenvalue weighted by molar-refractivity contribution is 7.90. The fourth-order valence-electron chi connectivity index (χ4n) is 2.77. The monoisotopic (exact) mass is 326 g/mol. The average Bonchev–Trinajstić information content (AvgIpc) is 2.47. The van der Waals surface area contributed by atoms with E-state index in [4.69, 9.17) is 0 Å². The standard InChI is InChI=1S/C16H26N2O3S/c1-13-7-9-18(10-8-13)12-14(19)11-17-15-5-3-4-6-16(15)22(2,20)21/h3-6,13-14,17,19H,7-12H2,1-2H3/t14-/m0/s1. The number of rotatable bonds is 6. The molecule has 5 nitrogen and oxygen atoms in total. The molecule has 0 radical (unpaired) electrons. The number of hydrogen-bond acceptors (Lipinski definition) is 5. The lowest BCUT2D eigenvalue weighted by molar-refractivity contribution is 0.0990. The summed E-state index contributed by atoms with van der Waals surface area (Å²) < 4.78 is 23.5. The van der Waals surface area contributed by atoms with Crippen molar-refractivity contribution in [1.82, 2.24) is 4.90 Å². The molecule has 1 aliphatic rings. The van der Waals surface area contributed by atoms with E-state index >= 15 is 0 Å². The molecule has 1 aromatic rings. The van der Waals surface area contributed by atoms with Gasteiger partial charge in [0.2, 0.25) is 0 Å². The van der Waals surface area contributed by atoms with E-state index in [1.165, 1.54) is 19.1 Å². The van der Waals surface area contributed by atoms with Gasteiger partial charge in [-0.3, -0.25) is 0 Å². The SMILES string of the molecule is CC1CCN(C[C@@H](O)CNc2ccccc2S(C)(=O)=O)CC1. The lowest BCUT2D eigenvalue weighted by Crippen LogP contribution is -2.40. The van der Waals surface area contributed by atoms with Crippen molar-refractivity contribution in [3.8, 4) is 0 Å². The topological polar surface area (TPSA) is 69.6 Å². The molecule has 0 aliphatic carbocycles. The summed E-state index contributed by atoms with van der Waals surface area (Å²) in [5, 5.41) is 13.2. The van der Waals surface area contributed by atoms with Gasteiger partial charge in [-0.2, -0.15) is 0 Å². The van der Waals surface area contributed by atoms with Crippen LogP contribution in [0.15, 0.2) is 29.2 Å². The van der Waals surface area contributed by atoms with Crippen LogP contribution in [0, 0.1) is 5.92 Å². The van der Waals surface area contributed by atoms with Gasteiger partial charge < -0.3 is 15.3 Å². The number of aliphatic hydroxyl groups excluding tert-OH is 1. The van der Waals surface area contributed by atoms with E-state index in [9.17, 15) is 13.5 Å². The summed E-state index contributed by atoms with van der Waals surface area (Å²) >= 11 is 0. The van der Waals surface area contributed by atoms with Crippen molar-refractivity contribution in [2.24, 2.45) is 5.92 Å². The molecular formula is C16H26N2O3S. The minimum Gasteiger partial charge on any atom is -0.390 e. The second-order valence-corrected chi connectivity index (χ2v) is 8.27. The third-order valence-corrected chi connectivity index (χ3v) is 5.31. The quantitative estimate of drug-likeness (QED) is 0.831. The highest BCUT2D eigenvalue weighted by Gasteiger charge is 2.19. The van der Waals surface area contributed by atoms with Crippen molar-refractivity contribution in [1.29, 1.82) is 0 Å². The predicted octanol–water partition coefficient (Wildman–Crippen LogP) is 1.59. The summed E-state index contributed by atoms with van der Waals surface area (Å²) in [7, 11) is -3.27. The molecule has 6 heteroatoms. The number of nitrogens with zero attached hydrogens (tertiary/aromatic N) is 1. The van der Waals surface area contributed by atoms with Crippen molar-refractivity contribution < 1.29 is 13.5 Å². The molecule has 2 rings (SSSR count). The summed E-state index contributed by atoms with van der Waals surface area (Å²) in [4.78, 5) is 2.54. The number of likely N-dealkylation sites (tertiary alicyclic amines) is 1. The van der Waals surface area contributed by atoms with Crippen molar-refractivity contribution in [3.63, 3.8) is 0 Å². The number of piperidine rings is 1. The van der Waals surface area contributed by atoms with Gasteiger partial charge in [-0.15, -0.1) is 0 Å². The number of anilines is 1. The van der Waals surface area contributed by atoms with Gasteiger partial charge in [-0.25, -0.2) is 8.42 Å². The van der Waals surface area contributed by atoms with Gasteiger partial charge in [0.15, 0.2) is 9.84 Å². The molecule has 0 bridgehead atoms. The van der Waals surface area contributed by atoms with Crippen LogP contribution in [0.25, 0.3) is 0 Å². The highest BCUT2D eigenvalue weighted by atomic mass is 32.2. The Bertz CT molecular complexity index is 581. The molecule has 0 aromatic heterocycles. The zero-order chi connectivity index (χ0) is 16.2. The summed E-state index contributed by atoms with van der Waals surface area (Å²) in [6, 6.07) is 6.80. The summed E-state index contributed by atoms with van der Waals surface area (Å²) in [5.74, 6) is 0.771. The van der Waals surface area contributed by atoms with Crippen LogP contribution in [0.4, 0.5) is 5.69 Å². The third kappa shape index (κ3) is 4.97. The third-order valence-electron chi connectivity index (χ3n) is 4.16. The smallest absolute Gasteiger partial charge is 0.177 e. The Hall–Kier alpha value is -1.11. The zero-order valence-corrected chi connectivity index (χ0v) is 14.1. The maximum absolute atomic E-state index is 11.7.